The zero-order valence-corrected chi connectivity index (χ0v) is 16.8. The van der Waals surface area contributed by atoms with Gasteiger partial charge in [-0.1, -0.05) is 24.3 Å². The lowest BCUT2D eigenvalue weighted by Crippen LogP contribution is -2.33. The van der Waals surface area contributed by atoms with Gasteiger partial charge in [-0.15, -0.1) is 0 Å². The van der Waals surface area contributed by atoms with E-state index in [0.717, 1.165) is 17.9 Å². The molecule has 2 aliphatic rings. The van der Waals surface area contributed by atoms with Gasteiger partial charge in [0.05, 0.1) is 6.26 Å². The molecule has 0 amide bonds. The summed E-state index contributed by atoms with van der Waals surface area (Å²) in [5, 5.41) is 1.17. The monoisotopic (exact) mass is 394 g/mol. The summed E-state index contributed by atoms with van der Waals surface area (Å²) in [7, 11) is -1.05. The van der Waals surface area contributed by atoms with Crippen LogP contribution in [-0.4, -0.2) is 49.1 Å². The third kappa shape index (κ3) is 2.65. The molecule has 0 atom stereocenters. The van der Waals surface area contributed by atoms with Crippen LogP contribution in [0.15, 0.2) is 42.6 Å². The van der Waals surface area contributed by atoms with E-state index in [9.17, 15) is 8.42 Å². The number of benzene rings is 1. The van der Waals surface area contributed by atoms with Gasteiger partial charge < -0.3 is 9.88 Å². The molecular formula is C21H22N4O2S. The summed E-state index contributed by atoms with van der Waals surface area (Å²) >= 11 is 0. The molecule has 5 rings (SSSR count). The van der Waals surface area contributed by atoms with Gasteiger partial charge in [0.1, 0.15) is 5.65 Å². The summed E-state index contributed by atoms with van der Waals surface area (Å²) in [4.78, 5) is 10.4. The number of anilines is 1. The van der Waals surface area contributed by atoms with E-state index in [1.54, 1.807) is 0 Å². The van der Waals surface area contributed by atoms with Crippen molar-refractivity contribution in [3.63, 3.8) is 0 Å². The van der Waals surface area contributed by atoms with Gasteiger partial charge in [0.2, 0.25) is 10.0 Å². The van der Waals surface area contributed by atoms with Crippen LogP contribution < -0.4 is 4.90 Å². The topological polar surface area (TPSA) is 69.3 Å². The first-order valence-corrected chi connectivity index (χ1v) is 11.2. The number of aromatic amines is 1. The summed E-state index contributed by atoms with van der Waals surface area (Å²) in [5.41, 5.74) is 7.98. The van der Waals surface area contributed by atoms with Gasteiger partial charge in [-0.2, -0.15) is 4.31 Å². The van der Waals surface area contributed by atoms with E-state index in [0.29, 0.717) is 19.5 Å². The van der Waals surface area contributed by atoms with Gasteiger partial charge in [0, 0.05) is 60.8 Å². The number of hydrogen-bond acceptors (Lipinski definition) is 4. The van der Waals surface area contributed by atoms with Gasteiger partial charge in [-0.25, -0.2) is 13.4 Å². The molecule has 0 bridgehead atoms. The van der Waals surface area contributed by atoms with Crippen molar-refractivity contribution in [2.45, 2.75) is 13.0 Å². The Bertz CT molecular complexity index is 1230. The first kappa shape index (κ1) is 17.5. The van der Waals surface area contributed by atoms with Crippen LogP contribution in [0.2, 0.25) is 0 Å². The number of pyridine rings is 1. The van der Waals surface area contributed by atoms with E-state index in [-0.39, 0.29) is 0 Å². The Hall–Kier alpha value is -2.64. The van der Waals surface area contributed by atoms with Crippen molar-refractivity contribution in [3.05, 3.63) is 53.9 Å². The molecule has 0 fully saturated rings. The Labute approximate surface area is 164 Å². The highest BCUT2D eigenvalue weighted by Gasteiger charge is 2.27. The number of nitrogens with one attached hydrogen (secondary N) is 1. The highest BCUT2D eigenvalue weighted by molar-refractivity contribution is 7.88. The number of nitrogens with zero attached hydrogens (tertiary/aromatic N) is 3. The summed E-state index contributed by atoms with van der Waals surface area (Å²) in [6, 6.07) is 10.5. The normalized spacial score (nSPS) is 17.4. The maximum Gasteiger partial charge on any atom is 0.211 e. The van der Waals surface area contributed by atoms with Crippen molar-refractivity contribution in [2.75, 3.05) is 31.3 Å². The minimum absolute atomic E-state index is 0.416. The highest BCUT2D eigenvalue weighted by Crippen LogP contribution is 2.42. The van der Waals surface area contributed by atoms with Crippen molar-refractivity contribution in [1.82, 2.24) is 14.3 Å². The second-order valence-electron chi connectivity index (χ2n) is 7.53. The third-order valence-electron chi connectivity index (χ3n) is 5.76. The van der Waals surface area contributed by atoms with Gasteiger partial charge in [0.25, 0.3) is 0 Å². The third-order valence-corrected chi connectivity index (χ3v) is 7.03. The molecule has 1 aromatic carbocycles. The van der Waals surface area contributed by atoms with Crippen molar-refractivity contribution >= 4 is 32.3 Å². The number of fused-ring (bicyclic) bond motifs is 2. The van der Waals surface area contributed by atoms with Crippen LogP contribution >= 0.6 is 0 Å². The van der Waals surface area contributed by atoms with Gasteiger partial charge in [-0.05, 0) is 29.7 Å². The van der Waals surface area contributed by atoms with Crippen LogP contribution in [0.3, 0.4) is 0 Å². The lowest BCUT2D eigenvalue weighted by molar-refractivity contribution is 0.445. The number of hydrogen-bond donors (Lipinski definition) is 1. The molecule has 0 saturated heterocycles. The van der Waals surface area contributed by atoms with Crippen molar-refractivity contribution in [3.8, 4) is 11.1 Å². The quantitative estimate of drug-likeness (QED) is 0.725. The molecule has 2 aliphatic heterocycles. The predicted molar refractivity (Wildman–Crippen MR) is 113 cm³/mol. The molecule has 28 heavy (non-hydrogen) atoms. The molecule has 3 aromatic rings. The highest BCUT2D eigenvalue weighted by atomic mass is 32.2. The summed E-state index contributed by atoms with van der Waals surface area (Å²) in [6.07, 6.45) is 5.85. The molecule has 1 N–H and O–H groups in total. The van der Waals surface area contributed by atoms with E-state index in [1.165, 1.54) is 43.9 Å². The summed E-state index contributed by atoms with van der Waals surface area (Å²) in [5.74, 6) is 0. The molecule has 7 heteroatoms. The Kier molecular flexibility index (Phi) is 3.86. The lowest BCUT2D eigenvalue weighted by Gasteiger charge is -2.25. The van der Waals surface area contributed by atoms with E-state index >= 15 is 0 Å². The zero-order valence-electron chi connectivity index (χ0n) is 15.9. The van der Waals surface area contributed by atoms with Crippen molar-refractivity contribution in [2.24, 2.45) is 0 Å². The van der Waals surface area contributed by atoms with Crippen LogP contribution in [0.1, 0.15) is 17.7 Å². The van der Waals surface area contributed by atoms with Crippen molar-refractivity contribution < 1.29 is 8.42 Å². The molecule has 0 unspecified atom stereocenters. The second kappa shape index (κ2) is 6.18. The van der Waals surface area contributed by atoms with E-state index in [4.69, 9.17) is 0 Å². The number of aromatic nitrogens is 2. The first-order chi connectivity index (χ1) is 13.4. The number of sulfonamides is 1. The largest absolute Gasteiger partial charge is 0.370 e. The molecule has 2 aromatic heterocycles. The number of H-pyrrole nitrogens is 1. The molecule has 144 valence electrons. The molecule has 0 spiro atoms. The molecule has 6 nitrogen and oxygen atoms in total. The fourth-order valence-electron chi connectivity index (χ4n) is 4.37. The SMILES string of the molecule is CN1Cc2c(C3=CCN(S(C)(=O)=O)CC3)[nH]c3nccc(c23)-c2ccccc21. The standard InChI is InChI=1S/C21H22N4O2S/c1-24-13-17-19-16(15-5-3-4-6-18(15)24)7-10-22-21(19)23-20(17)14-8-11-25(12-9-14)28(2,26)27/h3-8,10H,9,11-13H2,1-2H3,(H,22,23). The van der Waals surface area contributed by atoms with Crippen molar-refractivity contribution in [1.29, 1.82) is 0 Å². The zero-order chi connectivity index (χ0) is 19.5. The Morgan fingerprint density at radius 1 is 1.14 bits per heavy atom. The molecule has 4 heterocycles. The van der Waals surface area contributed by atoms with Crippen LogP contribution in [0, 0.1) is 0 Å². The van der Waals surface area contributed by atoms with Gasteiger partial charge in [0.15, 0.2) is 0 Å². The maximum atomic E-state index is 11.8. The Morgan fingerprint density at radius 2 is 1.96 bits per heavy atom. The van der Waals surface area contributed by atoms with Crippen LogP contribution in [0.4, 0.5) is 5.69 Å². The smallest absolute Gasteiger partial charge is 0.211 e. The van der Waals surface area contributed by atoms with E-state index < -0.39 is 10.0 Å². The molecule has 0 radical (unpaired) electrons. The summed E-state index contributed by atoms with van der Waals surface area (Å²) in [6.45, 7) is 1.70. The number of para-hydroxylation sites is 1. The molecular weight excluding hydrogens is 372 g/mol. The van der Waals surface area contributed by atoms with Gasteiger partial charge in [-0.3, -0.25) is 0 Å². The average molecular weight is 395 g/mol. The minimum atomic E-state index is -3.16. The maximum absolute atomic E-state index is 11.8. The first-order valence-electron chi connectivity index (χ1n) is 9.38. The van der Waals surface area contributed by atoms with Crippen LogP contribution in [0.25, 0.3) is 27.7 Å². The van der Waals surface area contributed by atoms with Crippen LogP contribution in [0.5, 0.6) is 0 Å². The lowest BCUT2D eigenvalue weighted by atomic mass is 9.98. The second-order valence-corrected chi connectivity index (χ2v) is 9.52. The molecule has 0 saturated carbocycles. The Morgan fingerprint density at radius 3 is 2.71 bits per heavy atom. The average Bonchev–Trinajstić information content (AvgIpc) is 2.99. The fourth-order valence-corrected chi connectivity index (χ4v) is 5.14. The Balaban J connectivity index is 1.68. The van der Waals surface area contributed by atoms with Crippen LogP contribution in [-0.2, 0) is 16.6 Å². The molecule has 0 aliphatic carbocycles. The predicted octanol–water partition coefficient (Wildman–Crippen LogP) is 3.23. The van der Waals surface area contributed by atoms with Gasteiger partial charge >= 0.3 is 0 Å². The van der Waals surface area contributed by atoms with E-state index in [1.807, 2.05) is 12.3 Å². The fraction of sp³-hybridized carbons (Fsp3) is 0.286. The summed E-state index contributed by atoms with van der Waals surface area (Å²) < 4.78 is 25.2. The van der Waals surface area contributed by atoms with E-state index in [2.05, 4.69) is 52.2 Å². The number of rotatable bonds is 2. The minimum Gasteiger partial charge on any atom is -0.370 e.